The number of benzene rings is 1. The lowest BCUT2D eigenvalue weighted by atomic mass is 9.96. The zero-order chi connectivity index (χ0) is 17.6. The SMILES string of the molecule is CC(C)c1ccccc1OCCNS(=O)(=O)N(C)C1CCCCC1. The molecule has 1 fully saturated rings. The summed E-state index contributed by atoms with van der Waals surface area (Å²) in [5, 5.41) is 0. The van der Waals surface area contributed by atoms with E-state index in [0.29, 0.717) is 12.5 Å². The first-order valence-corrected chi connectivity index (χ1v) is 10.3. The van der Waals surface area contributed by atoms with E-state index in [-0.39, 0.29) is 12.6 Å². The molecule has 0 spiro atoms. The Morgan fingerprint density at radius 1 is 1.21 bits per heavy atom. The standard InChI is InChI=1S/C18H30N2O3S/c1-15(2)17-11-7-8-12-18(17)23-14-13-19-24(21,22)20(3)16-9-5-4-6-10-16/h7-8,11-12,15-16,19H,4-6,9-10,13-14H2,1-3H3. The maximum absolute atomic E-state index is 12.4. The van der Waals surface area contributed by atoms with Crippen LogP contribution in [0.4, 0.5) is 0 Å². The Morgan fingerprint density at radius 3 is 2.54 bits per heavy atom. The fraction of sp³-hybridized carbons (Fsp3) is 0.667. The Labute approximate surface area is 146 Å². The van der Waals surface area contributed by atoms with Gasteiger partial charge in [-0.2, -0.15) is 17.4 Å². The first-order chi connectivity index (χ1) is 11.4. The molecule has 0 aromatic heterocycles. The number of hydrogen-bond acceptors (Lipinski definition) is 3. The average molecular weight is 355 g/mol. The molecule has 0 radical (unpaired) electrons. The lowest BCUT2D eigenvalue weighted by Crippen LogP contribution is -2.45. The second-order valence-electron chi connectivity index (χ2n) is 6.75. The lowest BCUT2D eigenvalue weighted by Gasteiger charge is -2.30. The Kier molecular flexibility index (Phi) is 7.07. The predicted molar refractivity (Wildman–Crippen MR) is 97.6 cm³/mol. The molecule has 0 atom stereocenters. The molecule has 1 N–H and O–H groups in total. The molecule has 1 aromatic rings. The molecule has 0 aliphatic heterocycles. The van der Waals surface area contributed by atoms with Crippen molar-refractivity contribution in [3.05, 3.63) is 29.8 Å². The van der Waals surface area contributed by atoms with E-state index in [2.05, 4.69) is 18.6 Å². The van der Waals surface area contributed by atoms with Gasteiger partial charge in [0.25, 0.3) is 10.2 Å². The topological polar surface area (TPSA) is 58.6 Å². The first kappa shape index (κ1) is 19.2. The van der Waals surface area contributed by atoms with Crippen molar-refractivity contribution in [2.24, 2.45) is 0 Å². The largest absolute Gasteiger partial charge is 0.492 e. The van der Waals surface area contributed by atoms with Crippen LogP contribution in [-0.2, 0) is 10.2 Å². The van der Waals surface area contributed by atoms with Crippen molar-refractivity contribution in [3.8, 4) is 5.75 Å². The molecular formula is C18H30N2O3S. The van der Waals surface area contributed by atoms with Crippen molar-refractivity contribution < 1.29 is 13.2 Å². The van der Waals surface area contributed by atoms with Gasteiger partial charge in [-0.1, -0.05) is 51.3 Å². The summed E-state index contributed by atoms with van der Waals surface area (Å²) in [5.74, 6) is 1.20. The Bertz CT molecular complexity index is 610. The van der Waals surface area contributed by atoms with Crippen LogP contribution in [0.3, 0.4) is 0 Å². The van der Waals surface area contributed by atoms with Crippen LogP contribution in [0, 0.1) is 0 Å². The predicted octanol–water partition coefficient (Wildman–Crippen LogP) is 3.29. The van der Waals surface area contributed by atoms with Gasteiger partial charge in [0.05, 0.1) is 0 Å². The molecular weight excluding hydrogens is 324 g/mol. The van der Waals surface area contributed by atoms with Gasteiger partial charge < -0.3 is 4.74 Å². The highest BCUT2D eigenvalue weighted by molar-refractivity contribution is 7.87. The molecule has 136 valence electrons. The van der Waals surface area contributed by atoms with Gasteiger partial charge in [0.1, 0.15) is 12.4 Å². The van der Waals surface area contributed by atoms with Gasteiger partial charge in [-0.25, -0.2) is 0 Å². The first-order valence-electron chi connectivity index (χ1n) is 8.86. The summed E-state index contributed by atoms with van der Waals surface area (Å²) in [7, 11) is -1.76. The second kappa shape index (κ2) is 8.83. The third-order valence-corrected chi connectivity index (χ3v) is 6.28. The van der Waals surface area contributed by atoms with Crippen LogP contribution < -0.4 is 9.46 Å². The van der Waals surface area contributed by atoms with Crippen LogP contribution in [0.1, 0.15) is 57.4 Å². The molecule has 1 aromatic carbocycles. The molecule has 0 bridgehead atoms. The van der Waals surface area contributed by atoms with Gasteiger partial charge in [-0.3, -0.25) is 0 Å². The van der Waals surface area contributed by atoms with E-state index in [4.69, 9.17) is 4.74 Å². The zero-order valence-corrected chi connectivity index (χ0v) is 15.8. The molecule has 24 heavy (non-hydrogen) atoms. The summed E-state index contributed by atoms with van der Waals surface area (Å²) in [6, 6.07) is 8.02. The van der Waals surface area contributed by atoms with Gasteiger partial charge >= 0.3 is 0 Å². The van der Waals surface area contributed by atoms with E-state index in [0.717, 1.165) is 37.0 Å². The van der Waals surface area contributed by atoms with Crippen LogP contribution in [-0.4, -0.2) is 39.0 Å². The summed E-state index contributed by atoms with van der Waals surface area (Å²) in [5.41, 5.74) is 1.14. The Hall–Kier alpha value is -1.11. The Morgan fingerprint density at radius 2 is 1.88 bits per heavy atom. The minimum Gasteiger partial charge on any atom is -0.492 e. The number of nitrogens with one attached hydrogen (secondary N) is 1. The van der Waals surface area contributed by atoms with E-state index in [9.17, 15) is 8.42 Å². The molecule has 1 saturated carbocycles. The number of hydrogen-bond donors (Lipinski definition) is 1. The highest BCUT2D eigenvalue weighted by Crippen LogP contribution is 2.26. The van der Waals surface area contributed by atoms with Crippen molar-refractivity contribution in [2.75, 3.05) is 20.2 Å². The molecule has 6 heteroatoms. The van der Waals surface area contributed by atoms with Crippen molar-refractivity contribution in [1.82, 2.24) is 9.03 Å². The highest BCUT2D eigenvalue weighted by atomic mass is 32.2. The summed E-state index contributed by atoms with van der Waals surface area (Å²) in [4.78, 5) is 0. The molecule has 0 amide bonds. The van der Waals surface area contributed by atoms with Gasteiger partial charge in [-0.05, 0) is 30.4 Å². The maximum Gasteiger partial charge on any atom is 0.279 e. The van der Waals surface area contributed by atoms with Crippen molar-refractivity contribution in [1.29, 1.82) is 0 Å². The summed E-state index contributed by atoms with van der Waals surface area (Å²) in [6.07, 6.45) is 5.34. The van der Waals surface area contributed by atoms with E-state index < -0.39 is 10.2 Å². The number of nitrogens with zero attached hydrogens (tertiary/aromatic N) is 1. The van der Waals surface area contributed by atoms with Crippen LogP contribution in [0.15, 0.2) is 24.3 Å². The maximum atomic E-state index is 12.4. The Balaban J connectivity index is 1.83. The lowest BCUT2D eigenvalue weighted by molar-refractivity contribution is 0.279. The molecule has 1 aliphatic carbocycles. The molecule has 1 aliphatic rings. The van der Waals surface area contributed by atoms with Gasteiger partial charge in [-0.15, -0.1) is 0 Å². The fourth-order valence-corrected chi connectivity index (χ4v) is 4.31. The quantitative estimate of drug-likeness (QED) is 0.729. The fourth-order valence-electron chi connectivity index (χ4n) is 3.16. The third-order valence-electron chi connectivity index (χ3n) is 4.65. The smallest absolute Gasteiger partial charge is 0.279 e. The second-order valence-corrected chi connectivity index (χ2v) is 8.56. The van der Waals surface area contributed by atoms with Gasteiger partial charge in [0.15, 0.2) is 0 Å². The summed E-state index contributed by atoms with van der Waals surface area (Å²) >= 11 is 0. The van der Waals surface area contributed by atoms with E-state index >= 15 is 0 Å². The van der Waals surface area contributed by atoms with Crippen LogP contribution in [0.2, 0.25) is 0 Å². The van der Waals surface area contributed by atoms with E-state index in [1.165, 1.54) is 10.7 Å². The molecule has 2 rings (SSSR count). The molecule has 0 heterocycles. The minimum atomic E-state index is -3.44. The monoisotopic (exact) mass is 354 g/mol. The van der Waals surface area contributed by atoms with Crippen LogP contribution in [0.25, 0.3) is 0 Å². The average Bonchev–Trinajstić information content (AvgIpc) is 2.59. The number of ether oxygens (including phenoxy) is 1. The molecule has 0 saturated heterocycles. The molecule has 0 unspecified atom stereocenters. The summed E-state index contributed by atoms with van der Waals surface area (Å²) in [6.45, 7) is 4.82. The number of rotatable bonds is 8. The van der Waals surface area contributed by atoms with Crippen molar-refractivity contribution >= 4 is 10.2 Å². The minimum absolute atomic E-state index is 0.124. The van der Waals surface area contributed by atoms with Gasteiger partial charge in [0, 0.05) is 19.6 Å². The third kappa shape index (κ3) is 5.19. The van der Waals surface area contributed by atoms with Crippen LogP contribution in [0.5, 0.6) is 5.75 Å². The molecule has 5 nitrogen and oxygen atoms in total. The highest BCUT2D eigenvalue weighted by Gasteiger charge is 2.27. The van der Waals surface area contributed by atoms with Crippen LogP contribution >= 0.6 is 0 Å². The van der Waals surface area contributed by atoms with Crippen molar-refractivity contribution in [2.45, 2.75) is 57.9 Å². The normalized spacial score (nSPS) is 16.7. The van der Waals surface area contributed by atoms with E-state index in [1.54, 1.807) is 7.05 Å². The van der Waals surface area contributed by atoms with Gasteiger partial charge in [0.2, 0.25) is 0 Å². The van der Waals surface area contributed by atoms with E-state index in [1.807, 2.05) is 24.3 Å². The summed E-state index contributed by atoms with van der Waals surface area (Å²) < 4.78 is 34.7. The van der Waals surface area contributed by atoms with Crippen molar-refractivity contribution in [3.63, 3.8) is 0 Å². The number of para-hydroxylation sites is 1. The zero-order valence-electron chi connectivity index (χ0n) is 15.0.